The lowest BCUT2D eigenvalue weighted by Crippen LogP contribution is -2.22. The number of nitrogens with zero attached hydrogens (tertiary/aromatic N) is 1. The third-order valence-corrected chi connectivity index (χ3v) is 6.18. The fourth-order valence-corrected chi connectivity index (χ4v) is 4.48. The molecule has 2 aromatic heterocycles. The SMILES string of the molecule is CCOC(=O)Cc1csc(NC(=O)COc2c(-c3ccc(C)cc3)oc3c(C)cc(C)cc3c2=O)n1. The van der Waals surface area contributed by atoms with Crippen molar-refractivity contribution in [1.29, 1.82) is 0 Å². The molecule has 186 valence electrons. The molecule has 1 amide bonds. The number of aromatic nitrogens is 1. The van der Waals surface area contributed by atoms with Crippen LogP contribution in [0.5, 0.6) is 5.75 Å². The summed E-state index contributed by atoms with van der Waals surface area (Å²) in [6, 6.07) is 11.2. The second kappa shape index (κ2) is 10.7. The molecule has 0 aliphatic heterocycles. The molecular weight excluding hydrogens is 480 g/mol. The molecule has 0 saturated carbocycles. The first kappa shape index (κ1) is 25.1. The molecule has 1 N–H and O–H groups in total. The number of fused-ring (bicyclic) bond motifs is 1. The Labute approximate surface area is 211 Å². The van der Waals surface area contributed by atoms with Gasteiger partial charge in [0.1, 0.15) is 5.58 Å². The minimum Gasteiger partial charge on any atom is -0.476 e. The van der Waals surface area contributed by atoms with Gasteiger partial charge >= 0.3 is 5.97 Å². The summed E-state index contributed by atoms with van der Waals surface area (Å²) in [7, 11) is 0. The van der Waals surface area contributed by atoms with Gasteiger partial charge in [-0.15, -0.1) is 11.3 Å². The number of carbonyl (C=O) groups excluding carboxylic acids is 2. The number of hydrogen-bond acceptors (Lipinski definition) is 8. The van der Waals surface area contributed by atoms with Gasteiger partial charge < -0.3 is 13.9 Å². The van der Waals surface area contributed by atoms with E-state index in [1.807, 2.05) is 51.1 Å². The van der Waals surface area contributed by atoms with E-state index in [-0.39, 0.29) is 35.9 Å². The summed E-state index contributed by atoms with van der Waals surface area (Å²) in [6.07, 6.45) is 0.0214. The number of carbonyl (C=O) groups is 2. The molecular formula is C27H26N2O6S. The number of esters is 1. The average molecular weight is 507 g/mol. The maximum absolute atomic E-state index is 13.5. The molecule has 9 heteroatoms. The predicted octanol–water partition coefficient (Wildman–Crippen LogP) is 4.96. The summed E-state index contributed by atoms with van der Waals surface area (Å²) < 4.78 is 16.9. The highest BCUT2D eigenvalue weighted by molar-refractivity contribution is 7.13. The summed E-state index contributed by atoms with van der Waals surface area (Å²) >= 11 is 1.18. The second-order valence-electron chi connectivity index (χ2n) is 8.38. The summed E-state index contributed by atoms with van der Waals surface area (Å²) in [5.41, 5.74) is 4.10. The van der Waals surface area contributed by atoms with E-state index >= 15 is 0 Å². The fraction of sp³-hybridized carbons (Fsp3) is 0.259. The number of anilines is 1. The lowest BCUT2D eigenvalue weighted by atomic mass is 10.0. The number of rotatable bonds is 8. The van der Waals surface area contributed by atoms with Crippen LogP contribution in [-0.2, 0) is 20.7 Å². The van der Waals surface area contributed by atoms with Crippen molar-refractivity contribution < 1.29 is 23.5 Å². The Morgan fingerprint density at radius 3 is 2.56 bits per heavy atom. The highest BCUT2D eigenvalue weighted by atomic mass is 32.1. The average Bonchev–Trinajstić information content (AvgIpc) is 3.26. The van der Waals surface area contributed by atoms with E-state index in [1.54, 1.807) is 18.4 Å². The maximum Gasteiger partial charge on any atom is 0.311 e. The van der Waals surface area contributed by atoms with Crippen molar-refractivity contribution in [1.82, 2.24) is 4.98 Å². The van der Waals surface area contributed by atoms with Crippen molar-refractivity contribution in [2.75, 3.05) is 18.5 Å². The third kappa shape index (κ3) is 5.63. The Hall–Kier alpha value is -3.98. The lowest BCUT2D eigenvalue weighted by molar-refractivity contribution is -0.142. The summed E-state index contributed by atoms with van der Waals surface area (Å²) in [5, 5.41) is 5.02. The van der Waals surface area contributed by atoms with Crippen LogP contribution in [0.1, 0.15) is 29.3 Å². The molecule has 2 aromatic carbocycles. The molecule has 36 heavy (non-hydrogen) atoms. The minimum atomic E-state index is -0.498. The number of benzene rings is 2. The predicted molar refractivity (Wildman–Crippen MR) is 139 cm³/mol. The van der Waals surface area contributed by atoms with Gasteiger partial charge in [0, 0.05) is 10.9 Å². The first-order valence-corrected chi connectivity index (χ1v) is 12.3. The van der Waals surface area contributed by atoms with Crippen LogP contribution in [0.15, 0.2) is 51.0 Å². The van der Waals surface area contributed by atoms with E-state index in [0.717, 1.165) is 16.7 Å². The van der Waals surface area contributed by atoms with Gasteiger partial charge in [0.15, 0.2) is 17.5 Å². The first-order valence-electron chi connectivity index (χ1n) is 11.4. The Morgan fingerprint density at radius 1 is 1.08 bits per heavy atom. The zero-order chi connectivity index (χ0) is 25.8. The molecule has 0 aliphatic rings. The molecule has 0 aliphatic carbocycles. The smallest absolute Gasteiger partial charge is 0.311 e. The highest BCUT2D eigenvalue weighted by Crippen LogP contribution is 2.32. The van der Waals surface area contributed by atoms with Crippen LogP contribution in [0.2, 0.25) is 0 Å². The maximum atomic E-state index is 13.5. The van der Waals surface area contributed by atoms with Crippen molar-refractivity contribution in [3.8, 4) is 17.1 Å². The topological polar surface area (TPSA) is 108 Å². The van der Waals surface area contributed by atoms with Crippen molar-refractivity contribution >= 4 is 39.3 Å². The highest BCUT2D eigenvalue weighted by Gasteiger charge is 2.20. The van der Waals surface area contributed by atoms with Crippen molar-refractivity contribution in [3.63, 3.8) is 0 Å². The van der Waals surface area contributed by atoms with Crippen LogP contribution >= 0.6 is 11.3 Å². The molecule has 4 rings (SSSR count). The largest absolute Gasteiger partial charge is 0.476 e. The van der Waals surface area contributed by atoms with Gasteiger partial charge in [-0.25, -0.2) is 4.98 Å². The molecule has 0 atom stereocenters. The molecule has 2 heterocycles. The zero-order valence-corrected chi connectivity index (χ0v) is 21.3. The van der Waals surface area contributed by atoms with Crippen LogP contribution in [0, 0.1) is 20.8 Å². The van der Waals surface area contributed by atoms with Crippen LogP contribution in [0.4, 0.5) is 5.13 Å². The molecule has 0 spiro atoms. The molecule has 8 nitrogen and oxygen atoms in total. The quantitative estimate of drug-likeness (QED) is 0.336. The fourth-order valence-electron chi connectivity index (χ4n) is 3.76. The van der Waals surface area contributed by atoms with Gasteiger partial charge in [0.25, 0.3) is 5.91 Å². The molecule has 0 saturated heterocycles. The number of ether oxygens (including phenoxy) is 2. The first-order chi connectivity index (χ1) is 17.2. The summed E-state index contributed by atoms with van der Waals surface area (Å²) in [6.45, 7) is 7.34. The van der Waals surface area contributed by atoms with E-state index in [4.69, 9.17) is 13.9 Å². The van der Waals surface area contributed by atoms with E-state index < -0.39 is 12.5 Å². The van der Waals surface area contributed by atoms with Crippen LogP contribution in [0.3, 0.4) is 0 Å². The molecule has 0 radical (unpaired) electrons. The molecule has 0 unspecified atom stereocenters. The number of hydrogen-bond donors (Lipinski definition) is 1. The minimum absolute atomic E-state index is 0.0214. The third-order valence-electron chi connectivity index (χ3n) is 5.37. The van der Waals surface area contributed by atoms with Gasteiger partial charge in [-0.05, 0) is 44.9 Å². The molecule has 4 aromatic rings. The van der Waals surface area contributed by atoms with E-state index in [2.05, 4.69) is 10.3 Å². The van der Waals surface area contributed by atoms with Gasteiger partial charge in [0.05, 0.1) is 24.1 Å². The Bertz CT molecular complexity index is 1490. The van der Waals surface area contributed by atoms with Gasteiger partial charge in [0.2, 0.25) is 11.2 Å². The van der Waals surface area contributed by atoms with Crippen LogP contribution in [0.25, 0.3) is 22.3 Å². The zero-order valence-electron chi connectivity index (χ0n) is 20.5. The van der Waals surface area contributed by atoms with Crippen molar-refractivity contribution in [2.45, 2.75) is 34.1 Å². The summed E-state index contributed by atoms with van der Waals surface area (Å²) in [5.74, 6) is -0.658. The standard InChI is InChI=1S/C27H26N2O6S/c1-5-33-22(31)12-19-14-36-27(28-19)29-21(30)13-34-26-23(32)20-11-16(3)10-17(4)24(20)35-25(26)18-8-6-15(2)7-9-18/h6-11,14H,5,12-13H2,1-4H3,(H,28,29,30). The van der Waals surface area contributed by atoms with Crippen LogP contribution in [-0.4, -0.2) is 30.1 Å². The summed E-state index contributed by atoms with van der Waals surface area (Å²) in [4.78, 5) is 41.9. The Balaban J connectivity index is 1.59. The van der Waals surface area contributed by atoms with E-state index in [9.17, 15) is 14.4 Å². The number of aryl methyl sites for hydroxylation is 3. The number of amides is 1. The van der Waals surface area contributed by atoms with Gasteiger partial charge in [-0.3, -0.25) is 19.7 Å². The Morgan fingerprint density at radius 2 is 1.83 bits per heavy atom. The number of nitrogens with one attached hydrogen (secondary N) is 1. The van der Waals surface area contributed by atoms with Crippen molar-refractivity contribution in [3.05, 3.63) is 74.4 Å². The van der Waals surface area contributed by atoms with Crippen LogP contribution < -0.4 is 15.5 Å². The van der Waals surface area contributed by atoms with E-state index in [1.165, 1.54) is 11.3 Å². The van der Waals surface area contributed by atoms with Gasteiger partial charge in [-0.2, -0.15) is 0 Å². The second-order valence-corrected chi connectivity index (χ2v) is 9.23. The van der Waals surface area contributed by atoms with E-state index in [0.29, 0.717) is 27.4 Å². The van der Waals surface area contributed by atoms with Crippen molar-refractivity contribution in [2.24, 2.45) is 0 Å². The van der Waals surface area contributed by atoms with Gasteiger partial charge in [-0.1, -0.05) is 35.9 Å². The molecule has 0 bridgehead atoms. The number of thiazole rings is 1. The normalized spacial score (nSPS) is 10.9. The molecule has 0 fully saturated rings. The Kier molecular flexibility index (Phi) is 7.49. The lowest BCUT2D eigenvalue weighted by Gasteiger charge is -2.13. The monoisotopic (exact) mass is 506 g/mol.